The van der Waals surface area contributed by atoms with E-state index in [0.29, 0.717) is 38.2 Å². The number of hydrogen-bond donors (Lipinski definition) is 1. The number of pyridine rings is 2. The van der Waals surface area contributed by atoms with Crippen LogP contribution in [-0.4, -0.2) is 57.8 Å². The zero-order valence-corrected chi connectivity index (χ0v) is 20.8. The summed E-state index contributed by atoms with van der Waals surface area (Å²) < 4.78 is 0. The number of amides is 2. The van der Waals surface area contributed by atoms with Gasteiger partial charge < -0.3 is 10.2 Å². The summed E-state index contributed by atoms with van der Waals surface area (Å²) >= 11 is 0. The molecule has 0 saturated carbocycles. The predicted molar refractivity (Wildman–Crippen MR) is 144 cm³/mol. The molecule has 7 heteroatoms. The van der Waals surface area contributed by atoms with Gasteiger partial charge in [0.1, 0.15) is 0 Å². The summed E-state index contributed by atoms with van der Waals surface area (Å²) in [5, 5.41) is 3.99. The van der Waals surface area contributed by atoms with Crippen LogP contribution in [-0.2, 0) is 11.3 Å². The van der Waals surface area contributed by atoms with Crippen LogP contribution in [0.5, 0.6) is 0 Å². The molecular formula is C30H31N5O2. The zero-order valence-electron chi connectivity index (χ0n) is 20.8. The van der Waals surface area contributed by atoms with Gasteiger partial charge in [0, 0.05) is 74.7 Å². The average molecular weight is 494 g/mol. The molecule has 4 aromatic rings. The van der Waals surface area contributed by atoms with Gasteiger partial charge in [-0.3, -0.25) is 24.5 Å². The molecule has 3 heterocycles. The first kappa shape index (κ1) is 24.6. The molecule has 0 aliphatic carbocycles. The molecule has 1 atom stereocenters. The lowest BCUT2D eigenvalue weighted by atomic mass is 10.00. The molecule has 5 rings (SSSR count). The molecular weight excluding hydrogens is 462 g/mol. The summed E-state index contributed by atoms with van der Waals surface area (Å²) in [6, 6.07) is 23.6. The maximum atomic E-state index is 13.5. The number of rotatable bonds is 4. The minimum absolute atomic E-state index is 0.0142. The summed E-state index contributed by atoms with van der Waals surface area (Å²) in [4.78, 5) is 39.2. The average Bonchev–Trinajstić information content (AvgIpc) is 2.98. The summed E-state index contributed by atoms with van der Waals surface area (Å²) in [5.74, 6) is -0.0424. The number of nitrogens with zero attached hydrogens (tertiary/aromatic N) is 4. The number of carbonyl (C=O) groups excluding carboxylic acids is 2. The lowest BCUT2D eigenvalue weighted by Gasteiger charge is -2.32. The molecule has 0 spiro atoms. The van der Waals surface area contributed by atoms with Gasteiger partial charge in [-0.05, 0) is 53.9 Å². The van der Waals surface area contributed by atoms with Crippen molar-refractivity contribution >= 4 is 22.7 Å². The summed E-state index contributed by atoms with van der Waals surface area (Å²) in [6.07, 6.45) is 6.50. The van der Waals surface area contributed by atoms with Crippen molar-refractivity contribution in [2.45, 2.75) is 25.4 Å². The Morgan fingerprint density at radius 3 is 2.59 bits per heavy atom. The van der Waals surface area contributed by atoms with E-state index in [9.17, 15) is 9.59 Å². The van der Waals surface area contributed by atoms with E-state index < -0.39 is 0 Å². The highest BCUT2D eigenvalue weighted by Crippen LogP contribution is 2.27. The van der Waals surface area contributed by atoms with E-state index in [2.05, 4.69) is 32.3 Å². The molecule has 2 aromatic heterocycles. The maximum Gasteiger partial charge on any atom is 0.253 e. The van der Waals surface area contributed by atoms with Crippen LogP contribution in [0.4, 0.5) is 0 Å². The second-order valence-corrected chi connectivity index (χ2v) is 9.36. The van der Waals surface area contributed by atoms with E-state index in [4.69, 9.17) is 0 Å². The normalized spacial score (nSPS) is 17.7. The third-order valence-electron chi connectivity index (χ3n) is 6.85. The van der Waals surface area contributed by atoms with Gasteiger partial charge in [-0.1, -0.05) is 36.4 Å². The van der Waals surface area contributed by atoms with Crippen molar-refractivity contribution in [1.82, 2.24) is 25.1 Å². The van der Waals surface area contributed by atoms with Crippen molar-refractivity contribution in [3.63, 3.8) is 0 Å². The van der Waals surface area contributed by atoms with Gasteiger partial charge in [-0.2, -0.15) is 0 Å². The Labute approximate surface area is 217 Å². The molecule has 188 valence electrons. The highest BCUT2D eigenvalue weighted by Gasteiger charge is 2.25. The Hall–Kier alpha value is -4.10. The van der Waals surface area contributed by atoms with Crippen LogP contribution in [0, 0.1) is 0 Å². The number of aromatic nitrogens is 2. The highest BCUT2D eigenvalue weighted by molar-refractivity contribution is 5.98. The van der Waals surface area contributed by atoms with Crippen molar-refractivity contribution in [3.8, 4) is 0 Å². The fourth-order valence-electron chi connectivity index (χ4n) is 4.95. The molecule has 1 aliphatic rings. The van der Waals surface area contributed by atoms with Gasteiger partial charge in [0.15, 0.2) is 0 Å². The first-order valence-electron chi connectivity index (χ1n) is 12.8. The SMILES string of the molecule is O=C1CC(c2ccccc2)N(Cc2ccncc2)CCCN(C(=O)c2ccc3ncccc3c2)CCN1. The van der Waals surface area contributed by atoms with Crippen LogP contribution >= 0.6 is 0 Å². The highest BCUT2D eigenvalue weighted by atomic mass is 16.2. The topological polar surface area (TPSA) is 78.4 Å². The molecule has 37 heavy (non-hydrogen) atoms. The first-order valence-corrected chi connectivity index (χ1v) is 12.8. The maximum absolute atomic E-state index is 13.5. The van der Waals surface area contributed by atoms with Crippen molar-refractivity contribution in [2.75, 3.05) is 26.2 Å². The van der Waals surface area contributed by atoms with E-state index in [0.717, 1.165) is 35.0 Å². The smallest absolute Gasteiger partial charge is 0.253 e. The number of nitrogens with one attached hydrogen (secondary N) is 1. The third-order valence-corrected chi connectivity index (χ3v) is 6.85. The Morgan fingerprint density at radius 2 is 1.76 bits per heavy atom. The van der Waals surface area contributed by atoms with E-state index in [1.807, 2.05) is 65.6 Å². The quantitative estimate of drug-likeness (QED) is 0.461. The van der Waals surface area contributed by atoms with Gasteiger partial charge in [0.05, 0.1) is 5.52 Å². The molecule has 2 amide bonds. The second kappa shape index (κ2) is 11.8. The van der Waals surface area contributed by atoms with Crippen molar-refractivity contribution in [1.29, 1.82) is 0 Å². The number of hydrogen-bond acceptors (Lipinski definition) is 5. The Kier molecular flexibility index (Phi) is 7.81. The van der Waals surface area contributed by atoms with Crippen molar-refractivity contribution < 1.29 is 9.59 Å². The monoisotopic (exact) mass is 493 g/mol. The van der Waals surface area contributed by atoms with Crippen LogP contribution in [0.15, 0.2) is 91.4 Å². The molecule has 1 saturated heterocycles. The largest absolute Gasteiger partial charge is 0.354 e. The number of carbonyl (C=O) groups is 2. The lowest BCUT2D eigenvalue weighted by molar-refractivity contribution is -0.122. The molecule has 1 aliphatic heterocycles. The molecule has 0 bridgehead atoms. The Balaban J connectivity index is 1.38. The molecule has 2 aromatic carbocycles. The first-order chi connectivity index (χ1) is 18.2. The molecule has 7 nitrogen and oxygen atoms in total. The summed E-state index contributed by atoms with van der Waals surface area (Å²) in [7, 11) is 0. The molecule has 1 fully saturated rings. The van der Waals surface area contributed by atoms with Crippen LogP contribution in [0.25, 0.3) is 10.9 Å². The van der Waals surface area contributed by atoms with Gasteiger partial charge in [-0.25, -0.2) is 0 Å². The van der Waals surface area contributed by atoms with Crippen molar-refractivity contribution in [2.24, 2.45) is 0 Å². The molecule has 1 unspecified atom stereocenters. The van der Waals surface area contributed by atoms with E-state index in [1.54, 1.807) is 18.6 Å². The van der Waals surface area contributed by atoms with Gasteiger partial charge in [-0.15, -0.1) is 0 Å². The molecule has 1 N–H and O–H groups in total. The second-order valence-electron chi connectivity index (χ2n) is 9.36. The number of benzene rings is 2. The van der Waals surface area contributed by atoms with E-state index in [-0.39, 0.29) is 17.9 Å². The number of fused-ring (bicyclic) bond motifs is 1. The van der Waals surface area contributed by atoms with Crippen LogP contribution in [0.2, 0.25) is 0 Å². The fraction of sp³-hybridized carbons (Fsp3) is 0.267. The minimum atomic E-state index is -0.0652. The van der Waals surface area contributed by atoms with Crippen molar-refractivity contribution in [3.05, 3.63) is 108 Å². The lowest BCUT2D eigenvalue weighted by Crippen LogP contribution is -2.39. The predicted octanol–water partition coefficient (Wildman–Crippen LogP) is 4.23. The van der Waals surface area contributed by atoms with E-state index >= 15 is 0 Å². The van der Waals surface area contributed by atoms with Crippen LogP contribution in [0.3, 0.4) is 0 Å². The van der Waals surface area contributed by atoms with Crippen LogP contribution in [0.1, 0.15) is 40.4 Å². The Bertz CT molecular complexity index is 1350. The fourth-order valence-corrected chi connectivity index (χ4v) is 4.95. The third kappa shape index (κ3) is 6.19. The zero-order chi connectivity index (χ0) is 25.5. The van der Waals surface area contributed by atoms with Crippen LogP contribution < -0.4 is 5.32 Å². The standard InChI is InChI=1S/C30H31N5O2/c36-29-21-28(24-6-2-1-3-7-24)35(22-23-11-14-31-15-12-23)18-5-17-34(19-16-33-29)30(37)26-9-10-27-25(20-26)8-4-13-32-27/h1-4,6-15,20,28H,5,16-19,21-22H2,(H,33,36). The van der Waals surface area contributed by atoms with E-state index in [1.165, 1.54) is 0 Å². The van der Waals surface area contributed by atoms with Gasteiger partial charge in [0.2, 0.25) is 5.91 Å². The van der Waals surface area contributed by atoms with Gasteiger partial charge in [0.25, 0.3) is 5.91 Å². The summed E-state index contributed by atoms with van der Waals surface area (Å²) in [5.41, 5.74) is 3.76. The minimum Gasteiger partial charge on any atom is -0.354 e. The van der Waals surface area contributed by atoms with Gasteiger partial charge >= 0.3 is 0 Å². The Morgan fingerprint density at radius 1 is 0.919 bits per heavy atom. The summed E-state index contributed by atoms with van der Waals surface area (Å²) in [6.45, 7) is 2.94. The molecule has 0 radical (unpaired) electrons.